The fourth-order valence-corrected chi connectivity index (χ4v) is 2.59. The molecule has 4 nitrogen and oxygen atoms in total. The van der Waals surface area contributed by atoms with Crippen LogP contribution in [0.4, 0.5) is 8.78 Å². The molecule has 2 rings (SSSR count). The molecule has 0 aromatic heterocycles. The SMILES string of the molecule is O=C(O)CN1CCCN(CC(F)(F)c2ccccc2)CC1. The monoisotopic (exact) mass is 298 g/mol. The van der Waals surface area contributed by atoms with Crippen molar-refractivity contribution in [3.63, 3.8) is 0 Å². The second-order valence-corrected chi connectivity index (χ2v) is 5.37. The summed E-state index contributed by atoms with van der Waals surface area (Å²) in [5.74, 6) is -3.76. The topological polar surface area (TPSA) is 43.8 Å². The van der Waals surface area contributed by atoms with E-state index >= 15 is 0 Å². The van der Waals surface area contributed by atoms with E-state index in [4.69, 9.17) is 5.11 Å². The Labute approximate surface area is 123 Å². The summed E-state index contributed by atoms with van der Waals surface area (Å²) in [6, 6.07) is 7.82. The largest absolute Gasteiger partial charge is 0.480 e. The fraction of sp³-hybridized carbons (Fsp3) is 0.533. The second-order valence-electron chi connectivity index (χ2n) is 5.37. The lowest BCUT2D eigenvalue weighted by atomic mass is 10.1. The zero-order valence-electron chi connectivity index (χ0n) is 11.8. The zero-order chi connectivity index (χ0) is 15.3. The molecule has 116 valence electrons. The number of benzene rings is 1. The number of carbonyl (C=O) groups is 1. The summed E-state index contributed by atoms with van der Waals surface area (Å²) in [6.45, 7) is 1.84. The van der Waals surface area contributed by atoms with Crippen LogP contribution in [-0.4, -0.2) is 60.1 Å². The van der Waals surface area contributed by atoms with Gasteiger partial charge in [0.05, 0.1) is 13.1 Å². The third kappa shape index (κ3) is 4.75. The summed E-state index contributed by atoms with van der Waals surface area (Å²) in [5.41, 5.74) is 0.0247. The molecule has 21 heavy (non-hydrogen) atoms. The summed E-state index contributed by atoms with van der Waals surface area (Å²) in [7, 11) is 0. The Morgan fingerprint density at radius 3 is 2.38 bits per heavy atom. The molecule has 0 saturated carbocycles. The number of hydrogen-bond acceptors (Lipinski definition) is 3. The van der Waals surface area contributed by atoms with Crippen LogP contribution in [0.15, 0.2) is 30.3 Å². The Hall–Kier alpha value is -1.53. The Kier molecular flexibility index (Phi) is 5.25. The quantitative estimate of drug-likeness (QED) is 0.901. The molecular formula is C15H20F2N2O2. The van der Waals surface area contributed by atoms with Gasteiger partial charge in [0.2, 0.25) is 0 Å². The van der Waals surface area contributed by atoms with Crippen molar-refractivity contribution in [3.8, 4) is 0 Å². The molecule has 0 bridgehead atoms. The molecule has 1 aromatic carbocycles. The number of halogens is 2. The summed E-state index contributed by atoms with van der Waals surface area (Å²) in [4.78, 5) is 14.2. The maximum absolute atomic E-state index is 14.2. The molecule has 6 heteroatoms. The van der Waals surface area contributed by atoms with Gasteiger partial charge in [-0.3, -0.25) is 14.6 Å². The highest BCUT2D eigenvalue weighted by atomic mass is 19.3. The lowest BCUT2D eigenvalue weighted by Gasteiger charge is -2.26. The van der Waals surface area contributed by atoms with Crippen molar-refractivity contribution in [1.29, 1.82) is 0 Å². The van der Waals surface area contributed by atoms with Gasteiger partial charge in [-0.2, -0.15) is 8.78 Å². The number of hydrogen-bond donors (Lipinski definition) is 1. The van der Waals surface area contributed by atoms with Crippen LogP contribution in [0.2, 0.25) is 0 Å². The molecule has 0 aliphatic carbocycles. The minimum absolute atomic E-state index is 0.0247. The van der Waals surface area contributed by atoms with Gasteiger partial charge >= 0.3 is 5.97 Å². The first kappa shape index (κ1) is 15.9. The van der Waals surface area contributed by atoms with Gasteiger partial charge < -0.3 is 5.11 Å². The molecular weight excluding hydrogens is 278 g/mol. The molecule has 0 amide bonds. The minimum atomic E-state index is -2.89. The van der Waals surface area contributed by atoms with Crippen LogP contribution < -0.4 is 0 Å². The third-order valence-corrected chi connectivity index (χ3v) is 3.66. The smallest absolute Gasteiger partial charge is 0.317 e. The van der Waals surface area contributed by atoms with E-state index in [1.165, 1.54) is 12.1 Å². The van der Waals surface area contributed by atoms with E-state index in [2.05, 4.69) is 0 Å². The first-order valence-corrected chi connectivity index (χ1v) is 7.07. The highest BCUT2D eigenvalue weighted by Gasteiger charge is 2.34. The molecule has 0 spiro atoms. The van der Waals surface area contributed by atoms with Crippen molar-refractivity contribution in [1.82, 2.24) is 9.80 Å². The highest BCUT2D eigenvalue weighted by molar-refractivity contribution is 5.69. The Morgan fingerprint density at radius 1 is 1.10 bits per heavy atom. The van der Waals surface area contributed by atoms with Crippen LogP contribution in [0.3, 0.4) is 0 Å². The molecule has 1 aromatic rings. The van der Waals surface area contributed by atoms with Crippen molar-refractivity contribution in [2.24, 2.45) is 0 Å². The van der Waals surface area contributed by atoms with E-state index in [9.17, 15) is 13.6 Å². The van der Waals surface area contributed by atoms with Crippen molar-refractivity contribution < 1.29 is 18.7 Å². The number of rotatable bonds is 5. The van der Waals surface area contributed by atoms with E-state index < -0.39 is 11.9 Å². The van der Waals surface area contributed by atoms with E-state index in [0.29, 0.717) is 32.6 Å². The number of carboxylic acid groups (broad SMARTS) is 1. The van der Waals surface area contributed by atoms with Gasteiger partial charge in [-0.25, -0.2) is 0 Å². The molecule has 1 aliphatic heterocycles. The summed E-state index contributed by atoms with van der Waals surface area (Å²) >= 11 is 0. The Morgan fingerprint density at radius 2 is 1.71 bits per heavy atom. The molecule has 1 aliphatic rings. The maximum Gasteiger partial charge on any atom is 0.317 e. The fourth-order valence-electron chi connectivity index (χ4n) is 2.59. The van der Waals surface area contributed by atoms with Crippen LogP contribution in [-0.2, 0) is 10.7 Å². The van der Waals surface area contributed by atoms with Crippen molar-refractivity contribution in [3.05, 3.63) is 35.9 Å². The summed E-state index contributed by atoms with van der Waals surface area (Å²) in [5, 5.41) is 8.78. The molecule has 1 fully saturated rings. The molecule has 1 saturated heterocycles. The average Bonchev–Trinajstić information content (AvgIpc) is 2.64. The Balaban J connectivity index is 1.92. The van der Waals surface area contributed by atoms with Crippen molar-refractivity contribution in [2.75, 3.05) is 39.3 Å². The van der Waals surface area contributed by atoms with Crippen LogP contribution in [0.25, 0.3) is 0 Å². The Bertz CT molecular complexity index is 468. The second kappa shape index (κ2) is 6.95. The maximum atomic E-state index is 14.2. The van der Waals surface area contributed by atoms with Crippen LogP contribution >= 0.6 is 0 Å². The van der Waals surface area contributed by atoms with Gasteiger partial charge in [-0.15, -0.1) is 0 Å². The summed E-state index contributed by atoms with van der Waals surface area (Å²) < 4.78 is 28.5. The highest BCUT2D eigenvalue weighted by Crippen LogP contribution is 2.29. The van der Waals surface area contributed by atoms with E-state index in [-0.39, 0.29) is 18.7 Å². The van der Waals surface area contributed by atoms with Gasteiger partial charge in [0.1, 0.15) is 0 Å². The van der Waals surface area contributed by atoms with Gasteiger partial charge in [-0.05, 0) is 13.0 Å². The molecule has 1 heterocycles. The van der Waals surface area contributed by atoms with Gasteiger partial charge in [0.15, 0.2) is 0 Å². The third-order valence-electron chi connectivity index (χ3n) is 3.66. The average molecular weight is 298 g/mol. The molecule has 0 unspecified atom stereocenters. The van der Waals surface area contributed by atoms with Gasteiger partial charge in [0.25, 0.3) is 5.92 Å². The van der Waals surface area contributed by atoms with E-state index in [0.717, 1.165) is 0 Å². The first-order valence-electron chi connectivity index (χ1n) is 7.07. The minimum Gasteiger partial charge on any atom is -0.480 e. The predicted octanol–water partition coefficient (Wildman–Crippen LogP) is 1.87. The van der Waals surface area contributed by atoms with E-state index in [1.54, 1.807) is 28.0 Å². The molecule has 0 radical (unpaired) electrons. The zero-order valence-corrected chi connectivity index (χ0v) is 11.8. The van der Waals surface area contributed by atoms with Gasteiger partial charge in [0, 0.05) is 25.2 Å². The van der Waals surface area contributed by atoms with E-state index in [1.807, 2.05) is 0 Å². The number of carboxylic acids is 1. The van der Waals surface area contributed by atoms with Crippen LogP contribution in [0, 0.1) is 0 Å². The van der Waals surface area contributed by atoms with Gasteiger partial charge in [-0.1, -0.05) is 30.3 Å². The lowest BCUT2D eigenvalue weighted by Crippen LogP contribution is -2.38. The normalized spacial score (nSPS) is 18.4. The lowest BCUT2D eigenvalue weighted by molar-refractivity contribution is -0.138. The first-order chi connectivity index (χ1) is 9.97. The summed E-state index contributed by atoms with van der Waals surface area (Å²) in [6.07, 6.45) is 0.706. The van der Waals surface area contributed by atoms with Crippen molar-refractivity contribution >= 4 is 5.97 Å². The molecule has 0 atom stereocenters. The number of aliphatic carboxylic acids is 1. The number of nitrogens with zero attached hydrogens (tertiary/aromatic N) is 2. The standard InChI is InChI=1S/C15H20F2N2O2/c16-15(17,13-5-2-1-3-6-13)12-19-8-4-7-18(9-10-19)11-14(20)21/h1-3,5-6H,4,7-12H2,(H,20,21). The van der Waals surface area contributed by atoms with Crippen LogP contribution in [0.5, 0.6) is 0 Å². The molecule has 1 N–H and O–H groups in total. The number of alkyl halides is 2. The van der Waals surface area contributed by atoms with Crippen molar-refractivity contribution in [2.45, 2.75) is 12.3 Å². The predicted molar refractivity (Wildman–Crippen MR) is 75.5 cm³/mol. The van der Waals surface area contributed by atoms with Crippen LogP contribution in [0.1, 0.15) is 12.0 Å².